The zero-order valence-corrected chi connectivity index (χ0v) is 14.1. The van der Waals surface area contributed by atoms with Gasteiger partial charge in [0.15, 0.2) is 5.13 Å². The van der Waals surface area contributed by atoms with Crippen LogP contribution in [0.25, 0.3) is 0 Å². The molecule has 2 N–H and O–H groups in total. The van der Waals surface area contributed by atoms with Crippen molar-refractivity contribution in [3.8, 4) is 0 Å². The number of aryl methyl sites for hydroxylation is 1. The molecular weight excluding hydrogens is 320 g/mol. The quantitative estimate of drug-likeness (QED) is 0.718. The molecule has 0 fully saturated rings. The van der Waals surface area contributed by atoms with Crippen molar-refractivity contribution in [2.75, 3.05) is 17.2 Å². The molecule has 1 aromatic carbocycles. The second-order valence-corrected chi connectivity index (χ2v) is 6.25. The van der Waals surface area contributed by atoms with Crippen LogP contribution in [0.3, 0.4) is 0 Å². The van der Waals surface area contributed by atoms with Crippen molar-refractivity contribution >= 4 is 28.1 Å². The molecule has 6 heteroatoms. The summed E-state index contributed by atoms with van der Waals surface area (Å²) < 4.78 is 0. The van der Waals surface area contributed by atoms with Gasteiger partial charge in [-0.3, -0.25) is 9.78 Å². The van der Waals surface area contributed by atoms with Gasteiger partial charge in [-0.1, -0.05) is 35.6 Å². The van der Waals surface area contributed by atoms with Gasteiger partial charge < -0.3 is 10.6 Å². The number of carbonyl (C=O) groups is 1. The smallest absolute Gasteiger partial charge is 0.267 e. The number of hydrogen-bond acceptors (Lipinski definition) is 5. The normalized spacial score (nSPS) is 10.4. The Kier molecular flexibility index (Phi) is 5.18. The van der Waals surface area contributed by atoms with E-state index in [9.17, 15) is 4.79 Å². The summed E-state index contributed by atoms with van der Waals surface area (Å²) in [5.41, 5.74) is 2.54. The molecule has 2 aromatic heterocycles. The molecule has 0 saturated heterocycles. The van der Waals surface area contributed by atoms with Crippen molar-refractivity contribution in [1.29, 1.82) is 0 Å². The average molecular weight is 338 g/mol. The molecule has 0 bridgehead atoms. The van der Waals surface area contributed by atoms with Gasteiger partial charge >= 0.3 is 0 Å². The number of para-hydroxylation sites is 1. The molecule has 0 radical (unpaired) electrons. The Balaban J connectivity index is 1.59. The number of amides is 1. The third kappa shape index (κ3) is 4.17. The maximum absolute atomic E-state index is 12.4. The Morgan fingerprint density at radius 1 is 1.12 bits per heavy atom. The fraction of sp³-hybridized carbons (Fsp3) is 0.167. The molecule has 0 unspecified atom stereocenters. The van der Waals surface area contributed by atoms with Crippen LogP contribution in [0.4, 0.5) is 10.8 Å². The highest BCUT2D eigenvalue weighted by molar-refractivity contribution is 7.17. The van der Waals surface area contributed by atoms with E-state index in [2.05, 4.69) is 20.6 Å². The SMILES string of the molecule is Cc1nc(NCCc2ccccn2)sc1C(=O)Nc1ccccc1. The maximum atomic E-state index is 12.4. The molecule has 0 spiro atoms. The number of thiazole rings is 1. The van der Waals surface area contributed by atoms with E-state index in [1.807, 2.05) is 55.5 Å². The van der Waals surface area contributed by atoms with Crippen molar-refractivity contribution in [3.63, 3.8) is 0 Å². The minimum atomic E-state index is -0.131. The highest BCUT2D eigenvalue weighted by Crippen LogP contribution is 2.23. The first kappa shape index (κ1) is 16.1. The fourth-order valence-corrected chi connectivity index (χ4v) is 3.12. The Labute approximate surface area is 144 Å². The number of nitrogens with zero attached hydrogens (tertiary/aromatic N) is 2. The molecule has 1 amide bonds. The van der Waals surface area contributed by atoms with Crippen molar-refractivity contribution in [1.82, 2.24) is 9.97 Å². The number of benzene rings is 1. The number of hydrogen-bond donors (Lipinski definition) is 2. The summed E-state index contributed by atoms with van der Waals surface area (Å²) in [6.45, 7) is 2.57. The highest BCUT2D eigenvalue weighted by atomic mass is 32.1. The van der Waals surface area contributed by atoms with Crippen molar-refractivity contribution in [2.24, 2.45) is 0 Å². The van der Waals surface area contributed by atoms with Gasteiger partial charge in [-0.15, -0.1) is 0 Å². The summed E-state index contributed by atoms with van der Waals surface area (Å²) >= 11 is 1.37. The predicted octanol–water partition coefficient (Wildman–Crippen LogP) is 3.75. The molecule has 0 saturated carbocycles. The Morgan fingerprint density at radius 3 is 2.67 bits per heavy atom. The Morgan fingerprint density at radius 2 is 1.92 bits per heavy atom. The second-order valence-electron chi connectivity index (χ2n) is 5.25. The summed E-state index contributed by atoms with van der Waals surface area (Å²) in [4.78, 5) is 21.7. The van der Waals surface area contributed by atoms with Crippen LogP contribution in [-0.4, -0.2) is 22.4 Å². The zero-order chi connectivity index (χ0) is 16.8. The molecule has 0 atom stereocenters. The largest absolute Gasteiger partial charge is 0.361 e. The van der Waals surface area contributed by atoms with Gasteiger partial charge in [0.1, 0.15) is 4.88 Å². The second kappa shape index (κ2) is 7.70. The molecule has 0 aliphatic carbocycles. The van der Waals surface area contributed by atoms with Crippen molar-refractivity contribution < 1.29 is 4.79 Å². The maximum Gasteiger partial charge on any atom is 0.267 e. The first-order valence-corrected chi connectivity index (χ1v) is 8.51. The Hall–Kier alpha value is -2.73. The molecule has 0 aliphatic rings. The average Bonchev–Trinajstić information content (AvgIpc) is 2.97. The third-order valence-corrected chi connectivity index (χ3v) is 4.53. The first-order valence-electron chi connectivity index (χ1n) is 7.70. The number of aromatic nitrogens is 2. The van der Waals surface area contributed by atoms with E-state index >= 15 is 0 Å². The van der Waals surface area contributed by atoms with Crippen LogP contribution < -0.4 is 10.6 Å². The molecule has 2 heterocycles. The van der Waals surface area contributed by atoms with E-state index in [0.717, 1.165) is 35.2 Å². The van der Waals surface area contributed by atoms with E-state index in [4.69, 9.17) is 0 Å². The van der Waals surface area contributed by atoms with Crippen LogP contribution in [0, 0.1) is 6.92 Å². The van der Waals surface area contributed by atoms with Gasteiger partial charge in [-0.2, -0.15) is 0 Å². The monoisotopic (exact) mass is 338 g/mol. The lowest BCUT2D eigenvalue weighted by molar-refractivity contribution is 0.103. The Bertz CT molecular complexity index is 802. The summed E-state index contributed by atoms with van der Waals surface area (Å²) in [7, 11) is 0. The molecular formula is C18H18N4OS. The van der Waals surface area contributed by atoms with Gasteiger partial charge in [-0.05, 0) is 31.2 Å². The number of anilines is 2. The molecule has 24 heavy (non-hydrogen) atoms. The van der Waals surface area contributed by atoms with Gasteiger partial charge in [0.2, 0.25) is 0 Å². The molecule has 122 valence electrons. The molecule has 0 aliphatic heterocycles. The zero-order valence-electron chi connectivity index (χ0n) is 13.3. The van der Waals surface area contributed by atoms with E-state index in [0.29, 0.717) is 4.88 Å². The molecule has 3 aromatic rings. The van der Waals surface area contributed by atoms with Crippen molar-refractivity contribution in [2.45, 2.75) is 13.3 Å². The van der Waals surface area contributed by atoms with Crippen LogP contribution in [-0.2, 0) is 6.42 Å². The number of pyridine rings is 1. The minimum absolute atomic E-state index is 0.131. The minimum Gasteiger partial charge on any atom is -0.361 e. The van der Waals surface area contributed by atoms with E-state index in [1.165, 1.54) is 11.3 Å². The fourth-order valence-electron chi connectivity index (χ4n) is 2.24. The number of nitrogens with one attached hydrogen (secondary N) is 2. The van der Waals surface area contributed by atoms with Gasteiger partial charge in [0.05, 0.1) is 5.69 Å². The predicted molar refractivity (Wildman–Crippen MR) is 97.7 cm³/mol. The lowest BCUT2D eigenvalue weighted by Crippen LogP contribution is -2.11. The van der Waals surface area contributed by atoms with Crippen LogP contribution >= 0.6 is 11.3 Å². The lowest BCUT2D eigenvalue weighted by Gasteiger charge is -2.03. The van der Waals surface area contributed by atoms with Crippen molar-refractivity contribution in [3.05, 3.63) is 71.0 Å². The summed E-state index contributed by atoms with van der Waals surface area (Å²) in [5, 5.41) is 6.90. The molecule has 3 rings (SSSR count). The van der Waals surface area contributed by atoms with E-state index in [1.54, 1.807) is 6.20 Å². The topological polar surface area (TPSA) is 66.9 Å². The lowest BCUT2D eigenvalue weighted by atomic mass is 10.3. The van der Waals surface area contributed by atoms with Gasteiger partial charge in [-0.25, -0.2) is 4.98 Å². The summed E-state index contributed by atoms with van der Waals surface area (Å²) in [6.07, 6.45) is 2.60. The van der Waals surface area contributed by atoms with Crippen LogP contribution in [0.5, 0.6) is 0 Å². The van der Waals surface area contributed by atoms with E-state index in [-0.39, 0.29) is 5.91 Å². The van der Waals surface area contributed by atoms with Gasteiger partial charge in [0, 0.05) is 30.5 Å². The summed E-state index contributed by atoms with van der Waals surface area (Å²) in [5.74, 6) is -0.131. The van der Waals surface area contributed by atoms with Crippen LogP contribution in [0.2, 0.25) is 0 Å². The standard InChI is InChI=1S/C18H18N4OS/c1-13-16(17(23)22-15-8-3-2-4-9-15)24-18(21-13)20-12-10-14-7-5-6-11-19-14/h2-9,11H,10,12H2,1H3,(H,20,21)(H,22,23). The number of carbonyl (C=O) groups excluding carboxylic acids is 1. The highest BCUT2D eigenvalue weighted by Gasteiger charge is 2.15. The third-order valence-electron chi connectivity index (χ3n) is 3.42. The van der Waals surface area contributed by atoms with Crippen LogP contribution in [0.1, 0.15) is 21.1 Å². The first-order chi connectivity index (χ1) is 11.7. The van der Waals surface area contributed by atoms with Gasteiger partial charge in [0.25, 0.3) is 5.91 Å². The van der Waals surface area contributed by atoms with E-state index < -0.39 is 0 Å². The summed E-state index contributed by atoms with van der Waals surface area (Å²) in [6, 6.07) is 15.3. The molecule has 5 nitrogen and oxygen atoms in total. The number of rotatable bonds is 6. The van der Waals surface area contributed by atoms with Crippen LogP contribution in [0.15, 0.2) is 54.7 Å².